The van der Waals surface area contributed by atoms with Crippen molar-refractivity contribution in [3.8, 4) is 17.3 Å². The molecule has 1 N–H and O–H groups in total. The van der Waals surface area contributed by atoms with Gasteiger partial charge >= 0.3 is 12.1 Å². The van der Waals surface area contributed by atoms with Crippen LogP contribution in [0.25, 0.3) is 16.8 Å². The lowest BCUT2D eigenvalue weighted by atomic mass is 10.1. The normalized spacial score (nSPS) is 13.9. The summed E-state index contributed by atoms with van der Waals surface area (Å²) in [7, 11) is 0. The van der Waals surface area contributed by atoms with E-state index in [1.165, 1.54) is 18.5 Å². The van der Waals surface area contributed by atoms with Crippen LogP contribution in [0.3, 0.4) is 0 Å². The minimum absolute atomic E-state index is 0.118. The van der Waals surface area contributed by atoms with Crippen LogP contribution in [0.5, 0.6) is 0 Å². The van der Waals surface area contributed by atoms with Crippen LogP contribution in [0.1, 0.15) is 12.5 Å². The Kier molecular flexibility index (Phi) is 4.61. The van der Waals surface area contributed by atoms with Gasteiger partial charge in [0.15, 0.2) is 0 Å². The summed E-state index contributed by atoms with van der Waals surface area (Å²) in [5, 5.41) is 18.4. The Bertz CT molecular complexity index is 1070. The molecule has 1 unspecified atom stereocenters. The van der Waals surface area contributed by atoms with Crippen molar-refractivity contribution in [2.24, 2.45) is 0 Å². The van der Waals surface area contributed by atoms with Crippen molar-refractivity contribution in [3.05, 3.63) is 54.5 Å². The SMILES string of the molecule is CC(Sc1ccncc1-c1ccc(C#N)c2cccn12)(C(=O)O)C(F)(F)F. The van der Waals surface area contributed by atoms with E-state index in [0.717, 1.165) is 0 Å². The second kappa shape index (κ2) is 6.63. The number of carbonyl (C=O) groups is 1. The Hall–Kier alpha value is -2.99. The van der Waals surface area contributed by atoms with Gasteiger partial charge in [-0.2, -0.15) is 18.4 Å². The largest absolute Gasteiger partial charge is 0.480 e. The number of halogens is 3. The van der Waals surface area contributed by atoms with Crippen molar-refractivity contribution < 1.29 is 23.1 Å². The summed E-state index contributed by atoms with van der Waals surface area (Å²) in [4.78, 5) is 15.5. The molecule has 0 aromatic carbocycles. The van der Waals surface area contributed by atoms with E-state index >= 15 is 0 Å². The maximum atomic E-state index is 13.4. The zero-order valence-corrected chi connectivity index (χ0v) is 14.7. The molecule has 0 saturated heterocycles. The number of fused-ring (bicyclic) bond motifs is 1. The van der Waals surface area contributed by atoms with E-state index in [-0.39, 0.29) is 16.7 Å². The fourth-order valence-electron chi connectivity index (χ4n) is 2.56. The standard InChI is InChI=1S/C18H12F3N3O2S/c1-17(16(25)26,18(19,20)21)27-15-6-7-23-10-12(15)14-5-4-11(9-22)13-3-2-8-24(13)14/h2-8,10H,1H3,(H,25,26). The van der Waals surface area contributed by atoms with Crippen LogP contribution in [0.15, 0.2) is 53.8 Å². The van der Waals surface area contributed by atoms with Gasteiger partial charge in [0.25, 0.3) is 0 Å². The van der Waals surface area contributed by atoms with Gasteiger partial charge in [0.1, 0.15) is 6.07 Å². The molecule has 0 amide bonds. The van der Waals surface area contributed by atoms with Gasteiger partial charge < -0.3 is 9.51 Å². The fraction of sp³-hybridized carbons (Fsp3) is 0.167. The third-order valence-electron chi connectivity index (χ3n) is 4.13. The summed E-state index contributed by atoms with van der Waals surface area (Å²) in [5.74, 6) is -1.98. The predicted octanol–water partition coefficient (Wildman–Crippen LogP) is 4.37. The number of hydrogen-bond donors (Lipinski definition) is 1. The van der Waals surface area contributed by atoms with Crippen molar-refractivity contribution in [3.63, 3.8) is 0 Å². The van der Waals surface area contributed by atoms with Crippen molar-refractivity contribution >= 4 is 23.2 Å². The van der Waals surface area contributed by atoms with E-state index < -0.39 is 16.9 Å². The molecular formula is C18H12F3N3O2S. The van der Waals surface area contributed by atoms with E-state index in [4.69, 9.17) is 0 Å². The minimum atomic E-state index is -4.96. The van der Waals surface area contributed by atoms with E-state index in [9.17, 15) is 28.3 Å². The number of pyridine rings is 2. The second-order valence-corrected chi connectivity index (χ2v) is 7.28. The number of hydrogen-bond acceptors (Lipinski definition) is 4. The smallest absolute Gasteiger partial charge is 0.413 e. The maximum absolute atomic E-state index is 13.4. The highest BCUT2D eigenvalue weighted by molar-refractivity contribution is 8.01. The Labute approximate surface area is 156 Å². The predicted molar refractivity (Wildman–Crippen MR) is 93.3 cm³/mol. The number of carboxylic acids is 1. The van der Waals surface area contributed by atoms with Gasteiger partial charge in [0, 0.05) is 29.0 Å². The number of nitriles is 1. The summed E-state index contributed by atoms with van der Waals surface area (Å²) in [6.45, 7) is 0.633. The number of aliphatic carboxylic acids is 1. The number of alkyl halides is 3. The Morgan fingerprint density at radius 3 is 2.67 bits per heavy atom. The quantitative estimate of drug-likeness (QED) is 0.668. The molecule has 5 nitrogen and oxygen atoms in total. The molecule has 1 atom stereocenters. The van der Waals surface area contributed by atoms with E-state index in [1.54, 1.807) is 34.9 Å². The lowest BCUT2D eigenvalue weighted by Gasteiger charge is -2.27. The number of aromatic nitrogens is 2. The van der Waals surface area contributed by atoms with E-state index in [0.29, 0.717) is 29.3 Å². The maximum Gasteiger partial charge on any atom is 0.413 e. The average molecular weight is 391 g/mol. The van der Waals surface area contributed by atoms with Crippen molar-refractivity contribution in [2.75, 3.05) is 0 Å². The van der Waals surface area contributed by atoms with Gasteiger partial charge in [-0.15, -0.1) is 0 Å². The fourth-order valence-corrected chi connectivity index (χ4v) is 3.60. The molecular weight excluding hydrogens is 379 g/mol. The summed E-state index contributed by atoms with van der Waals surface area (Å²) in [5.41, 5.74) is 1.84. The molecule has 0 aliphatic rings. The lowest BCUT2D eigenvalue weighted by Crippen LogP contribution is -2.46. The Morgan fingerprint density at radius 1 is 1.30 bits per heavy atom. The number of rotatable bonds is 4. The van der Waals surface area contributed by atoms with Crippen LogP contribution in [-0.4, -0.2) is 31.4 Å². The van der Waals surface area contributed by atoms with Crippen molar-refractivity contribution in [2.45, 2.75) is 22.7 Å². The lowest BCUT2D eigenvalue weighted by molar-refractivity contribution is -0.179. The van der Waals surface area contributed by atoms with Crippen LogP contribution < -0.4 is 0 Å². The van der Waals surface area contributed by atoms with Gasteiger partial charge in [-0.3, -0.25) is 9.78 Å². The molecule has 9 heteroatoms. The molecule has 0 aliphatic heterocycles. The first-order valence-electron chi connectivity index (χ1n) is 7.63. The topological polar surface area (TPSA) is 78.4 Å². The van der Waals surface area contributed by atoms with Gasteiger partial charge in [-0.1, -0.05) is 11.8 Å². The summed E-state index contributed by atoms with van der Waals surface area (Å²) in [6, 6.07) is 9.98. The van der Waals surface area contributed by atoms with Crippen LogP contribution in [0.4, 0.5) is 13.2 Å². The van der Waals surface area contributed by atoms with Crippen molar-refractivity contribution in [1.82, 2.24) is 9.38 Å². The molecule has 3 aromatic heterocycles. The van der Waals surface area contributed by atoms with Crippen LogP contribution in [0.2, 0.25) is 0 Å². The zero-order chi connectivity index (χ0) is 19.8. The van der Waals surface area contributed by atoms with Gasteiger partial charge in [-0.25, -0.2) is 0 Å². The Balaban J connectivity index is 2.18. The molecule has 3 heterocycles. The second-order valence-electron chi connectivity index (χ2n) is 5.82. The molecule has 27 heavy (non-hydrogen) atoms. The highest BCUT2D eigenvalue weighted by atomic mass is 32.2. The number of nitrogens with zero attached hydrogens (tertiary/aromatic N) is 3. The average Bonchev–Trinajstić information content (AvgIpc) is 3.10. The van der Waals surface area contributed by atoms with Crippen molar-refractivity contribution in [1.29, 1.82) is 5.26 Å². The van der Waals surface area contributed by atoms with Gasteiger partial charge in [-0.05, 0) is 37.3 Å². The molecule has 0 spiro atoms. The third-order valence-corrected chi connectivity index (χ3v) is 5.52. The van der Waals surface area contributed by atoms with Gasteiger partial charge in [0.2, 0.25) is 4.75 Å². The molecule has 0 fully saturated rings. The molecule has 0 saturated carbocycles. The molecule has 3 aromatic rings. The third kappa shape index (κ3) is 3.13. The Morgan fingerprint density at radius 2 is 2.04 bits per heavy atom. The van der Waals surface area contributed by atoms with Crippen LogP contribution >= 0.6 is 11.8 Å². The summed E-state index contributed by atoms with van der Waals surface area (Å²) >= 11 is 0.206. The van der Waals surface area contributed by atoms with Crippen LogP contribution in [0, 0.1) is 11.3 Å². The number of carboxylic acid groups (broad SMARTS) is 1. The summed E-state index contributed by atoms with van der Waals surface area (Å²) in [6.07, 6.45) is -0.604. The highest BCUT2D eigenvalue weighted by Crippen LogP contribution is 2.47. The molecule has 0 aliphatic carbocycles. The minimum Gasteiger partial charge on any atom is -0.480 e. The molecule has 138 valence electrons. The van der Waals surface area contributed by atoms with E-state index in [1.807, 2.05) is 0 Å². The van der Waals surface area contributed by atoms with Gasteiger partial charge in [0.05, 0.1) is 16.8 Å². The monoisotopic (exact) mass is 391 g/mol. The molecule has 0 radical (unpaired) electrons. The van der Waals surface area contributed by atoms with Crippen LogP contribution in [-0.2, 0) is 4.79 Å². The zero-order valence-electron chi connectivity index (χ0n) is 13.9. The first kappa shape index (κ1) is 18.8. The molecule has 3 rings (SSSR count). The first-order valence-corrected chi connectivity index (χ1v) is 8.44. The van der Waals surface area contributed by atoms with E-state index in [2.05, 4.69) is 11.1 Å². The number of thioether (sulfide) groups is 1. The highest BCUT2D eigenvalue weighted by Gasteiger charge is 2.58. The first-order chi connectivity index (χ1) is 12.7. The molecule has 0 bridgehead atoms. The summed E-state index contributed by atoms with van der Waals surface area (Å²) < 4.78 is 38.9.